The molecule has 2 N–H and O–H groups in total. The molecule has 6 aromatic rings. The van der Waals surface area contributed by atoms with Gasteiger partial charge < -0.3 is 5.32 Å². The van der Waals surface area contributed by atoms with Crippen LogP contribution in [0.5, 0.6) is 0 Å². The van der Waals surface area contributed by atoms with Crippen molar-refractivity contribution in [3.63, 3.8) is 0 Å². The highest BCUT2D eigenvalue weighted by atomic mass is 32.1. The summed E-state index contributed by atoms with van der Waals surface area (Å²) in [5.74, 6) is 0. The lowest BCUT2D eigenvalue weighted by Gasteiger charge is -2.08. The number of alkyl halides is 3. The second-order valence-corrected chi connectivity index (χ2v) is 10.3. The summed E-state index contributed by atoms with van der Waals surface area (Å²) in [6.45, 7) is 0.417. The number of thiazole rings is 1. The van der Waals surface area contributed by atoms with Gasteiger partial charge in [0, 0.05) is 5.69 Å². The average molecular weight is 572 g/mol. The summed E-state index contributed by atoms with van der Waals surface area (Å²) < 4.78 is 40.7. The van der Waals surface area contributed by atoms with Crippen molar-refractivity contribution < 1.29 is 18.0 Å². The van der Waals surface area contributed by atoms with E-state index in [-0.39, 0.29) is 11.2 Å². The number of amides is 2. The lowest BCUT2D eigenvalue weighted by atomic mass is 10.0. The van der Waals surface area contributed by atoms with Crippen LogP contribution < -0.4 is 16.2 Å². The van der Waals surface area contributed by atoms with E-state index in [9.17, 15) is 22.8 Å². The highest BCUT2D eigenvalue weighted by molar-refractivity contribution is 7.22. The van der Waals surface area contributed by atoms with Gasteiger partial charge in [0.15, 0.2) is 5.13 Å². The van der Waals surface area contributed by atoms with Crippen LogP contribution in [0.3, 0.4) is 0 Å². The molecular weight excluding hydrogens is 551 g/mol. The molecule has 6 rings (SSSR count). The van der Waals surface area contributed by atoms with Crippen LogP contribution in [0, 0.1) is 0 Å². The Morgan fingerprint density at radius 3 is 2.34 bits per heavy atom. The highest BCUT2D eigenvalue weighted by Gasteiger charge is 2.30. The highest BCUT2D eigenvalue weighted by Crippen LogP contribution is 2.32. The quantitative estimate of drug-likeness (QED) is 0.226. The summed E-state index contributed by atoms with van der Waals surface area (Å²) in [6.07, 6.45) is -2.90. The summed E-state index contributed by atoms with van der Waals surface area (Å²) in [6, 6.07) is 24.4. The summed E-state index contributed by atoms with van der Waals surface area (Å²) in [7, 11) is 0. The van der Waals surface area contributed by atoms with Crippen molar-refractivity contribution in [2.45, 2.75) is 12.7 Å². The number of rotatable bonds is 5. The Labute approximate surface area is 234 Å². The molecule has 0 fully saturated rings. The number of carbonyl (C=O) groups excluding carboxylic acids is 1. The summed E-state index contributed by atoms with van der Waals surface area (Å²) in [5, 5.41) is 5.96. The third-order valence-electron chi connectivity index (χ3n) is 6.43. The van der Waals surface area contributed by atoms with E-state index >= 15 is 0 Å². The van der Waals surface area contributed by atoms with E-state index in [2.05, 4.69) is 20.6 Å². The van der Waals surface area contributed by atoms with E-state index in [0.717, 1.165) is 33.5 Å². The van der Waals surface area contributed by atoms with Gasteiger partial charge in [-0.3, -0.25) is 14.7 Å². The van der Waals surface area contributed by atoms with Crippen LogP contribution in [-0.4, -0.2) is 20.6 Å². The molecule has 0 saturated carbocycles. The molecular formula is C30H20F3N5O2S. The molecule has 2 heterocycles. The maximum Gasteiger partial charge on any atom is 0.416 e. The van der Waals surface area contributed by atoms with E-state index in [1.54, 1.807) is 10.9 Å². The van der Waals surface area contributed by atoms with Gasteiger partial charge in [0.25, 0.3) is 5.56 Å². The van der Waals surface area contributed by atoms with Gasteiger partial charge in [0.05, 0.1) is 39.6 Å². The number of nitrogens with zero attached hydrogens (tertiary/aromatic N) is 3. The minimum atomic E-state index is -4.45. The molecule has 2 amide bonds. The number of urea groups is 1. The van der Waals surface area contributed by atoms with E-state index in [1.165, 1.54) is 23.5 Å². The molecule has 0 saturated heterocycles. The van der Waals surface area contributed by atoms with Crippen LogP contribution in [0.15, 0.2) is 102 Å². The zero-order valence-corrected chi connectivity index (χ0v) is 22.0. The Balaban J connectivity index is 1.21. The van der Waals surface area contributed by atoms with Gasteiger partial charge in [-0.2, -0.15) is 13.2 Å². The topological polar surface area (TPSA) is 88.9 Å². The van der Waals surface area contributed by atoms with Crippen LogP contribution >= 0.6 is 11.3 Å². The van der Waals surface area contributed by atoms with Crippen LogP contribution in [0.4, 0.5) is 28.8 Å². The summed E-state index contributed by atoms with van der Waals surface area (Å²) in [5.41, 5.74) is 3.17. The molecule has 204 valence electrons. The van der Waals surface area contributed by atoms with E-state index in [0.29, 0.717) is 28.1 Å². The molecule has 0 aliphatic carbocycles. The van der Waals surface area contributed by atoms with Crippen molar-refractivity contribution in [2.24, 2.45) is 0 Å². The number of benzene rings is 4. The van der Waals surface area contributed by atoms with Gasteiger partial charge in [0.2, 0.25) is 0 Å². The number of carbonyl (C=O) groups is 1. The zero-order chi connectivity index (χ0) is 28.6. The number of halogens is 3. The second-order valence-electron chi connectivity index (χ2n) is 9.25. The fourth-order valence-electron chi connectivity index (χ4n) is 4.39. The molecule has 0 radical (unpaired) electrons. The van der Waals surface area contributed by atoms with Crippen LogP contribution in [0.2, 0.25) is 0 Å². The van der Waals surface area contributed by atoms with Gasteiger partial charge in [-0.05, 0) is 65.2 Å². The molecule has 0 spiro atoms. The largest absolute Gasteiger partial charge is 0.416 e. The van der Waals surface area contributed by atoms with Crippen molar-refractivity contribution in [3.8, 4) is 11.1 Å². The molecule has 41 heavy (non-hydrogen) atoms. The van der Waals surface area contributed by atoms with Crippen LogP contribution in [-0.2, 0) is 12.7 Å². The van der Waals surface area contributed by atoms with Gasteiger partial charge in [-0.1, -0.05) is 53.8 Å². The first-order chi connectivity index (χ1) is 19.7. The Morgan fingerprint density at radius 1 is 0.854 bits per heavy atom. The van der Waals surface area contributed by atoms with Crippen molar-refractivity contribution in [3.05, 3.63) is 119 Å². The van der Waals surface area contributed by atoms with Crippen molar-refractivity contribution in [1.29, 1.82) is 0 Å². The average Bonchev–Trinajstić information content (AvgIpc) is 3.36. The fourth-order valence-corrected chi connectivity index (χ4v) is 5.23. The van der Waals surface area contributed by atoms with Crippen LogP contribution in [0.25, 0.3) is 32.2 Å². The second kappa shape index (κ2) is 10.5. The van der Waals surface area contributed by atoms with Gasteiger partial charge in [0.1, 0.15) is 0 Å². The standard InChI is InChI=1S/C30H20F3N5O2S/c31-30(32,33)21-8-10-22(11-9-21)35-28(40)37-29-36-25-15-20(7-13-26(25)41-29)19-6-12-24-23(14-19)27(39)38(17-34-24)16-18-4-2-1-3-5-18/h1-15,17H,16H2,(H2,35,36,37,40). The number of anilines is 2. The van der Waals surface area contributed by atoms with Crippen LogP contribution in [0.1, 0.15) is 11.1 Å². The molecule has 0 bridgehead atoms. The predicted octanol–water partition coefficient (Wildman–Crippen LogP) is 7.38. The molecule has 0 atom stereocenters. The molecule has 0 unspecified atom stereocenters. The van der Waals surface area contributed by atoms with Crippen molar-refractivity contribution in [1.82, 2.24) is 14.5 Å². The van der Waals surface area contributed by atoms with E-state index in [4.69, 9.17) is 0 Å². The van der Waals surface area contributed by atoms with Crippen molar-refractivity contribution in [2.75, 3.05) is 10.6 Å². The minimum Gasteiger partial charge on any atom is -0.308 e. The summed E-state index contributed by atoms with van der Waals surface area (Å²) >= 11 is 1.26. The van der Waals surface area contributed by atoms with Gasteiger partial charge in [-0.25, -0.2) is 14.8 Å². The zero-order valence-electron chi connectivity index (χ0n) is 21.1. The number of hydrogen-bond acceptors (Lipinski definition) is 5. The van der Waals surface area contributed by atoms with Crippen molar-refractivity contribution >= 4 is 49.3 Å². The Morgan fingerprint density at radius 2 is 1.59 bits per heavy atom. The molecule has 11 heteroatoms. The lowest BCUT2D eigenvalue weighted by Crippen LogP contribution is -2.21. The molecule has 0 aliphatic heterocycles. The maximum absolute atomic E-state index is 13.2. The third-order valence-corrected chi connectivity index (χ3v) is 7.38. The van der Waals surface area contributed by atoms with E-state index < -0.39 is 17.8 Å². The normalized spacial score (nSPS) is 11.6. The number of fused-ring (bicyclic) bond motifs is 2. The van der Waals surface area contributed by atoms with Gasteiger partial charge in [-0.15, -0.1) is 0 Å². The monoisotopic (exact) mass is 571 g/mol. The SMILES string of the molecule is O=C(Nc1ccc(C(F)(F)F)cc1)Nc1nc2cc(-c3ccc4ncn(Cc5ccccc5)c(=O)c4c3)ccc2s1. The smallest absolute Gasteiger partial charge is 0.308 e. The Kier molecular flexibility index (Phi) is 6.72. The lowest BCUT2D eigenvalue weighted by molar-refractivity contribution is -0.137. The fraction of sp³-hybridized carbons (Fsp3) is 0.0667. The Bertz CT molecular complexity index is 1950. The number of hydrogen-bond donors (Lipinski definition) is 2. The maximum atomic E-state index is 13.2. The number of aromatic nitrogens is 3. The molecule has 7 nitrogen and oxygen atoms in total. The van der Waals surface area contributed by atoms with Gasteiger partial charge >= 0.3 is 12.2 Å². The minimum absolute atomic E-state index is 0.138. The first kappa shape index (κ1) is 26.2. The number of nitrogens with one attached hydrogen (secondary N) is 2. The third kappa shape index (κ3) is 5.66. The molecule has 2 aromatic heterocycles. The Hall–Kier alpha value is -5.03. The first-order valence-corrected chi connectivity index (χ1v) is 13.2. The first-order valence-electron chi connectivity index (χ1n) is 12.4. The van der Waals surface area contributed by atoms with E-state index in [1.807, 2.05) is 66.7 Å². The summed E-state index contributed by atoms with van der Waals surface area (Å²) in [4.78, 5) is 34.6. The predicted molar refractivity (Wildman–Crippen MR) is 154 cm³/mol. The molecule has 0 aliphatic rings. The molecule has 4 aromatic carbocycles.